The lowest BCUT2D eigenvalue weighted by atomic mass is 9.75. The van der Waals surface area contributed by atoms with Crippen LogP contribution in [0.5, 0.6) is 0 Å². The fourth-order valence-corrected chi connectivity index (χ4v) is 3.83. The molecule has 1 saturated carbocycles. The summed E-state index contributed by atoms with van der Waals surface area (Å²) in [6.45, 7) is 7.63. The minimum absolute atomic E-state index is 0.0510. The Morgan fingerprint density at radius 1 is 1.29 bits per heavy atom. The van der Waals surface area contributed by atoms with Crippen molar-refractivity contribution in [3.63, 3.8) is 0 Å². The molecule has 0 saturated heterocycles. The van der Waals surface area contributed by atoms with Crippen molar-refractivity contribution in [2.24, 2.45) is 5.41 Å². The first-order valence-corrected chi connectivity index (χ1v) is 8.53. The number of alkyl halides is 1. The fraction of sp³-hybridized carbons (Fsp3) is 0.611. The zero-order valence-electron chi connectivity index (χ0n) is 13.3. The minimum Gasteiger partial charge on any atom is -0.326 e. The van der Waals surface area contributed by atoms with E-state index in [2.05, 4.69) is 36.6 Å². The summed E-state index contributed by atoms with van der Waals surface area (Å²) in [5.74, 6) is 1.02. The molecule has 1 aromatic carbocycles. The van der Waals surface area contributed by atoms with Crippen molar-refractivity contribution in [2.75, 3.05) is 0 Å². The van der Waals surface area contributed by atoms with Gasteiger partial charge >= 0.3 is 0 Å². The van der Waals surface area contributed by atoms with Crippen LogP contribution in [0.3, 0.4) is 0 Å². The van der Waals surface area contributed by atoms with Crippen LogP contribution in [0.25, 0.3) is 11.0 Å². The third kappa shape index (κ3) is 2.96. The Bertz CT molecular complexity index is 636. The summed E-state index contributed by atoms with van der Waals surface area (Å²) in [6, 6.07) is 6.50. The number of hydrogen-bond donors (Lipinski definition) is 0. The lowest BCUT2D eigenvalue weighted by Gasteiger charge is -2.34. The van der Waals surface area contributed by atoms with E-state index in [-0.39, 0.29) is 5.38 Å². The van der Waals surface area contributed by atoms with Gasteiger partial charge in [0.1, 0.15) is 5.82 Å². The van der Waals surface area contributed by atoms with Gasteiger partial charge in [-0.25, -0.2) is 4.98 Å². The van der Waals surface area contributed by atoms with Crippen LogP contribution in [0.2, 0.25) is 0 Å². The van der Waals surface area contributed by atoms with E-state index in [1.807, 2.05) is 6.92 Å². The first-order valence-electron chi connectivity index (χ1n) is 8.09. The molecule has 1 fully saturated rings. The van der Waals surface area contributed by atoms with Crippen molar-refractivity contribution >= 4 is 22.6 Å². The number of aromatic nitrogens is 2. The predicted octanol–water partition coefficient (Wildman–Crippen LogP) is 5.61. The largest absolute Gasteiger partial charge is 0.326 e. The van der Waals surface area contributed by atoms with Gasteiger partial charge in [0.15, 0.2) is 0 Å². The summed E-state index contributed by atoms with van der Waals surface area (Å²) in [5, 5.41) is -0.0510. The first-order chi connectivity index (χ1) is 9.98. The number of nitrogens with zero attached hydrogens (tertiary/aromatic N) is 2. The SMILES string of the molecule is Cc1ccc2nc(C(C)Cl)n(CC3(C)CCCCC3)c2c1. The Hall–Kier alpha value is -1.02. The highest BCUT2D eigenvalue weighted by Gasteiger charge is 2.29. The highest BCUT2D eigenvalue weighted by molar-refractivity contribution is 6.20. The highest BCUT2D eigenvalue weighted by atomic mass is 35.5. The third-order valence-electron chi connectivity index (χ3n) is 4.89. The van der Waals surface area contributed by atoms with Gasteiger partial charge in [0.2, 0.25) is 0 Å². The molecular formula is C18H25ClN2. The molecule has 114 valence electrons. The molecule has 0 amide bonds. The second kappa shape index (κ2) is 5.64. The normalized spacial score (nSPS) is 19.8. The van der Waals surface area contributed by atoms with Gasteiger partial charge < -0.3 is 4.57 Å². The van der Waals surface area contributed by atoms with Gasteiger partial charge in [-0.15, -0.1) is 11.6 Å². The lowest BCUT2D eigenvalue weighted by molar-refractivity contribution is 0.183. The van der Waals surface area contributed by atoms with Crippen LogP contribution >= 0.6 is 11.6 Å². The van der Waals surface area contributed by atoms with Crippen molar-refractivity contribution in [3.8, 4) is 0 Å². The van der Waals surface area contributed by atoms with Gasteiger partial charge in [-0.1, -0.05) is 32.3 Å². The van der Waals surface area contributed by atoms with Gasteiger partial charge in [-0.05, 0) is 49.8 Å². The van der Waals surface area contributed by atoms with Gasteiger partial charge in [0.25, 0.3) is 0 Å². The first kappa shape index (κ1) is 14.9. The maximum Gasteiger partial charge on any atom is 0.127 e. The average molecular weight is 305 g/mol. The summed E-state index contributed by atoms with van der Waals surface area (Å²) in [5.41, 5.74) is 3.98. The molecule has 0 spiro atoms. The number of fused-ring (bicyclic) bond motifs is 1. The van der Waals surface area contributed by atoms with E-state index in [1.165, 1.54) is 43.2 Å². The number of rotatable bonds is 3. The number of imidazole rings is 1. The molecule has 1 aliphatic rings. The molecule has 21 heavy (non-hydrogen) atoms. The maximum atomic E-state index is 6.40. The van der Waals surface area contributed by atoms with E-state index >= 15 is 0 Å². The topological polar surface area (TPSA) is 17.8 Å². The van der Waals surface area contributed by atoms with Crippen molar-refractivity contribution in [1.82, 2.24) is 9.55 Å². The molecule has 1 heterocycles. The molecule has 1 aliphatic carbocycles. The molecule has 2 nitrogen and oxygen atoms in total. The van der Waals surface area contributed by atoms with E-state index in [0.717, 1.165) is 17.9 Å². The van der Waals surface area contributed by atoms with Crippen LogP contribution < -0.4 is 0 Å². The molecule has 3 rings (SSSR count). The molecule has 1 unspecified atom stereocenters. The lowest BCUT2D eigenvalue weighted by Crippen LogP contribution is -2.27. The van der Waals surface area contributed by atoms with Crippen molar-refractivity contribution < 1.29 is 0 Å². The standard InChI is InChI=1S/C18H25ClN2/c1-13-7-8-15-16(11-13)21(17(20-15)14(2)19)12-18(3)9-5-4-6-10-18/h7-8,11,14H,4-6,9-10,12H2,1-3H3. The quantitative estimate of drug-likeness (QED) is 0.673. The van der Waals surface area contributed by atoms with E-state index in [0.29, 0.717) is 5.41 Å². The number of benzene rings is 1. The Kier molecular flexibility index (Phi) is 4.00. The Morgan fingerprint density at radius 2 is 2.00 bits per heavy atom. The van der Waals surface area contributed by atoms with Crippen molar-refractivity contribution in [3.05, 3.63) is 29.6 Å². The third-order valence-corrected chi connectivity index (χ3v) is 5.08. The molecule has 1 aromatic heterocycles. The Morgan fingerprint density at radius 3 is 2.67 bits per heavy atom. The zero-order chi connectivity index (χ0) is 15.0. The molecule has 2 aromatic rings. The fourth-order valence-electron chi connectivity index (χ4n) is 3.67. The Labute approximate surface area is 132 Å². The van der Waals surface area contributed by atoms with E-state index in [9.17, 15) is 0 Å². The van der Waals surface area contributed by atoms with Crippen LogP contribution in [-0.4, -0.2) is 9.55 Å². The van der Waals surface area contributed by atoms with Crippen molar-refractivity contribution in [1.29, 1.82) is 0 Å². The number of aryl methyl sites for hydroxylation is 1. The molecule has 0 radical (unpaired) electrons. The molecular weight excluding hydrogens is 280 g/mol. The second-order valence-electron chi connectivity index (χ2n) is 7.04. The summed E-state index contributed by atoms with van der Waals surface area (Å²) in [6.07, 6.45) is 6.73. The van der Waals surface area contributed by atoms with Crippen LogP contribution in [0.1, 0.15) is 62.7 Å². The van der Waals surface area contributed by atoms with E-state index in [4.69, 9.17) is 16.6 Å². The summed E-state index contributed by atoms with van der Waals surface area (Å²) in [7, 11) is 0. The molecule has 0 N–H and O–H groups in total. The number of halogens is 1. The van der Waals surface area contributed by atoms with Gasteiger partial charge in [-0.3, -0.25) is 0 Å². The zero-order valence-corrected chi connectivity index (χ0v) is 14.1. The van der Waals surface area contributed by atoms with Crippen LogP contribution in [0, 0.1) is 12.3 Å². The maximum absolute atomic E-state index is 6.40. The minimum atomic E-state index is -0.0510. The van der Waals surface area contributed by atoms with Gasteiger partial charge in [-0.2, -0.15) is 0 Å². The monoisotopic (exact) mass is 304 g/mol. The highest BCUT2D eigenvalue weighted by Crippen LogP contribution is 2.39. The summed E-state index contributed by atoms with van der Waals surface area (Å²) >= 11 is 6.40. The van der Waals surface area contributed by atoms with E-state index < -0.39 is 0 Å². The molecule has 0 aliphatic heterocycles. The van der Waals surface area contributed by atoms with E-state index in [1.54, 1.807) is 0 Å². The molecule has 1 atom stereocenters. The molecule has 3 heteroatoms. The van der Waals surface area contributed by atoms with Crippen molar-refractivity contribution in [2.45, 2.75) is 64.8 Å². The Balaban J connectivity index is 2.06. The van der Waals surface area contributed by atoms with Crippen LogP contribution in [0.15, 0.2) is 18.2 Å². The van der Waals surface area contributed by atoms with Gasteiger partial charge in [0, 0.05) is 6.54 Å². The molecule has 0 bridgehead atoms. The average Bonchev–Trinajstić information content (AvgIpc) is 2.77. The summed E-state index contributed by atoms with van der Waals surface area (Å²) < 4.78 is 2.38. The van der Waals surface area contributed by atoms with Crippen LogP contribution in [0.4, 0.5) is 0 Å². The number of hydrogen-bond acceptors (Lipinski definition) is 1. The smallest absolute Gasteiger partial charge is 0.127 e. The van der Waals surface area contributed by atoms with Crippen LogP contribution in [-0.2, 0) is 6.54 Å². The summed E-state index contributed by atoms with van der Waals surface area (Å²) in [4.78, 5) is 4.78. The second-order valence-corrected chi connectivity index (χ2v) is 7.69. The predicted molar refractivity (Wildman–Crippen MR) is 89.9 cm³/mol. The van der Waals surface area contributed by atoms with Gasteiger partial charge in [0.05, 0.1) is 16.4 Å².